The summed E-state index contributed by atoms with van der Waals surface area (Å²) < 4.78 is 6.03. The summed E-state index contributed by atoms with van der Waals surface area (Å²) in [7, 11) is 0. The molecule has 0 bridgehead atoms. The predicted octanol–water partition coefficient (Wildman–Crippen LogP) is 6.98. The fourth-order valence-electron chi connectivity index (χ4n) is 3.06. The van der Waals surface area contributed by atoms with Crippen LogP contribution in [-0.4, -0.2) is 11.1 Å². The van der Waals surface area contributed by atoms with Gasteiger partial charge in [-0.05, 0) is 58.0 Å². The highest BCUT2D eigenvalue weighted by Crippen LogP contribution is 2.29. The van der Waals surface area contributed by atoms with Crippen molar-refractivity contribution >= 4 is 23.6 Å². The molecule has 154 valence electrons. The average molecular weight is 421 g/mol. The van der Waals surface area contributed by atoms with Crippen LogP contribution in [0.2, 0.25) is 5.02 Å². The average Bonchev–Trinajstić information content (AvgIpc) is 2.71. The molecule has 1 N–H and O–H groups in total. The number of carboxylic acid groups (broad SMARTS) is 1. The van der Waals surface area contributed by atoms with Crippen molar-refractivity contribution in [3.8, 4) is 16.9 Å². The number of hydrogen-bond acceptors (Lipinski definition) is 2. The van der Waals surface area contributed by atoms with Gasteiger partial charge in [0.25, 0.3) is 0 Å². The summed E-state index contributed by atoms with van der Waals surface area (Å²) in [5, 5.41) is 9.71. The van der Waals surface area contributed by atoms with E-state index in [4.69, 9.17) is 21.4 Å². The van der Waals surface area contributed by atoms with E-state index in [1.54, 1.807) is 6.08 Å². The van der Waals surface area contributed by atoms with Gasteiger partial charge < -0.3 is 9.84 Å². The molecule has 4 heteroatoms. The highest BCUT2D eigenvalue weighted by molar-refractivity contribution is 6.30. The van der Waals surface area contributed by atoms with Gasteiger partial charge in [-0.15, -0.1) is 0 Å². The Hall–Kier alpha value is -3.04. The molecule has 0 unspecified atom stereocenters. The Labute approximate surface area is 182 Å². The maximum absolute atomic E-state index is 11.0. The third-order valence-corrected chi connectivity index (χ3v) is 5.06. The minimum Gasteiger partial charge on any atom is -0.488 e. The van der Waals surface area contributed by atoms with E-state index in [0.29, 0.717) is 22.9 Å². The number of benzene rings is 3. The molecule has 3 aromatic rings. The number of aliphatic carboxylic acids is 1. The first-order chi connectivity index (χ1) is 14.2. The lowest BCUT2D eigenvalue weighted by molar-refractivity contribution is -0.131. The lowest BCUT2D eigenvalue weighted by Crippen LogP contribution is -2.10. The Bertz CT molecular complexity index is 1040. The quantitative estimate of drug-likeness (QED) is 0.437. The number of ether oxygens (including phenoxy) is 1. The van der Waals surface area contributed by atoms with Crippen molar-refractivity contribution in [2.45, 2.75) is 32.8 Å². The first kappa shape index (κ1) is 21.7. The molecule has 0 atom stereocenters. The zero-order chi connectivity index (χ0) is 21.7. The van der Waals surface area contributed by atoms with E-state index in [1.807, 2.05) is 42.5 Å². The van der Waals surface area contributed by atoms with Crippen molar-refractivity contribution in [1.82, 2.24) is 0 Å². The number of rotatable bonds is 6. The van der Waals surface area contributed by atoms with Gasteiger partial charge in [0.15, 0.2) is 0 Å². The molecule has 3 aromatic carbocycles. The van der Waals surface area contributed by atoms with Crippen LogP contribution in [-0.2, 0) is 16.8 Å². The monoisotopic (exact) mass is 420 g/mol. The third kappa shape index (κ3) is 5.74. The van der Waals surface area contributed by atoms with E-state index in [-0.39, 0.29) is 5.41 Å². The van der Waals surface area contributed by atoms with Gasteiger partial charge in [0.2, 0.25) is 0 Å². The minimum absolute atomic E-state index is 0.103. The topological polar surface area (TPSA) is 46.5 Å². The first-order valence-electron chi connectivity index (χ1n) is 9.75. The molecule has 3 nitrogen and oxygen atoms in total. The lowest BCUT2D eigenvalue weighted by Gasteiger charge is -2.19. The van der Waals surface area contributed by atoms with E-state index in [2.05, 4.69) is 45.0 Å². The van der Waals surface area contributed by atoms with Crippen molar-refractivity contribution in [3.05, 3.63) is 94.5 Å². The van der Waals surface area contributed by atoms with E-state index in [9.17, 15) is 4.79 Å². The fraction of sp³-hybridized carbons (Fsp3) is 0.192. The summed E-state index contributed by atoms with van der Waals surface area (Å²) in [6.07, 6.45) is 2.67. The van der Waals surface area contributed by atoms with Crippen LogP contribution in [0.5, 0.6) is 5.75 Å². The minimum atomic E-state index is -1.00. The summed E-state index contributed by atoms with van der Waals surface area (Å²) in [5.41, 5.74) is 5.08. The molecule has 3 rings (SSSR count). The van der Waals surface area contributed by atoms with Crippen molar-refractivity contribution in [2.24, 2.45) is 0 Å². The van der Waals surface area contributed by atoms with Crippen molar-refractivity contribution < 1.29 is 14.6 Å². The van der Waals surface area contributed by atoms with Crippen molar-refractivity contribution in [2.75, 3.05) is 0 Å². The predicted molar refractivity (Wildman–Crippen MR) is 123 cm³/mol. The van der Waals surface area contributed by atoms with Crippen LogP contribution < -0.4 is 4.74 Å². The standard InChI is InChI=1S/C26H25ClO3/c1-26(2,3)22-10-4-18(5-11-22)17-30-24-14-8-20(16-21(24)9-15-25(28)29)19-6-12-23(27)13-7-19/h4-16H,17H2,1-3H3,(H,28,29)/b15-9+. The summed E-state index contributed by atoms with van der Waals surface area (Å²) in [4.78, 5) is 11.0. The molecule has 0 aromatic heterocycles. The van der Waals surface area contributed by atoms with Crippen LogP contribution >= 0.6 is 11.6 Å². The molecule has 0 spiro atoms. The van der Waals surface area contributed by atoms with Crippen LogP contribution in [0.25, 0.3) is 17.2 Å². The largest absolute Gasteiger partial charge is 0.488 e. The molecule has 0 aliphatic carbocycles. The van der Waals surface area contributed by atoms with Gasteiger partial charge in [-0.1, -0.05) is 74.8 Å². The van der Waals surface area contributed by atoms with Gasteiger partial charge in [-0.2, -0.15) is 0 Å². The normalized spacial score (nSPS) is 11.6. The molecule has 0 fully saturated rings. The first-order valence-corrected chi connectivity index (χ1v) is 10.1. The summed E-state index contributed by atoms with van der Waals surface area (Å²) in [6.45, 7) is 6.95. The Kier molecular flexibility index (Phi) is 6.63. The number of carbonyl (C=O) groups is 1. The Morgan fingerprint density at radius 1 is 0.967 bits per heavy atom. The second-order valence-electron chi connectivity index (χ2n) is 8.17. The van der Waals surface area contributed by atoms with Crippen LogP contribution in [0.4, 0.5) is 0 Å². The SMILES string of the molecule is CC(C)(C)c1ccc(COc2ccc(-c3ccc(Cl)cc3)cc2/C=C/C(=O)O)cc1. The van der Waals surface area contributed by atoms with Crippen LogP contribution in [0, 0.1) is 0 Å². The molecular formula is C26H25ClO3. The molecule has 0 amide bonds. The molecule has 0 aliphatic rings. The molecule has 30 heavy (non-hydrogen) atoms. The van der Waals surface area contributed by atoms with Gasteiger partial charge in [0, 0.05) is 16.7 Å². The fourth-order valence-corrected chi connectivity index (χ4v) is 3.18. The van der Waals surface area contributed by atoms with Crippen LogP contribution in [0.15, 0.2) is 72.8 Å². The van der Waals surface area contributed by atoms with Gasteiger partial charge in [-0.25, -0.2) is 4.79 Å². The molecule has 0 heterocycles. The lowest BCUT2D eigenvalue weighted by atomic mass is 9.87. The number of hydrogen-bond donors (Lipinski definition) is 1. The Balaban J connectivity index is 1.84. The molecule has 0 saturated heterocycles. The van der Waals surface area contributed by atoms with Crippen LogP contribution in [0.1, 0.15) is 37.5 Å². The second-order valence-corrected chi connectivity index (χ2v) is 8.60. The van der Waals surface area contributed by atoms with Gasteiger partial charge in [0.1, 0.15) is 12.4 Å². The van der Waals surface area contributed by atoms with E-state index < -0.39 is 5.97 Å². The zero-order valence-electron chi connectivity index (χ0n) is 17.4. The second kappa shape index (κ2) is 9.19. The van der Waals surface area contributed by atoms with Crippen molar-refractivity contribution in [3.63, 3.8) is 0 Å². The summed E-state index contributed by atoms with van der Waals surface area (Å²) in [6, 6.07) is 21.6. The highest BCUT2D eigenvalue weighted by atomic mass is 35.5. The zero-order valence-corrected chi connectivity index (χ0v) is 18.1. The maximum atomic E-state index is 11.0. The summed E-state index contributed by atoms with van der Waals surface area (Å²) >= 11 is 5.98. The Morgan fingerprint density at radius 3 is 2.20 bits per heavy atom. The molecular weight excluding hydrogens is 396 g/mol. The molecule has 0 aliphatic heterocycles. The Morgan fingerprint density at radius 2 is 1.60 bits per heavy atom. The van der Waals surface area contributed by atoms with Gasteiger partial charge >= 0.3 is 5.97 Å². The van der Waals surface area contributed by atoms with Crippen LogP contribution in [0.3, 0.4) is 0 Å². The molecule has 0 saturated carbocycles. The number of halogens is 1. The highest BCUT2D eigenvalue weighted by Gasteiger charge is 2.13. The van der Waals surface area contributed by atoms with E-state index in [1.165, 1.54) is 5.56 Å². The molecule has 0 radical (unpaired) electrons. The van der Waals surface area contributed by atoms with Gasteiger partial charge in [-0.3, -0.25) is 0 Å². The van der Waals surface area contributed by atoms with Crippen molar-refractivity contribution in [1.29, 1.82) is 0 Å². The number of carboxylic acids is 1. The van der Waals surface area contributed by atoms with E-state index >= 15 is 0 Å². The van der Waals surface area contributed by atoms with Gasteiger partial charge in [0.05, 0.1) is 0 Å². The van der Waals surface area contributed by atoms with E-state index in [0.717, 1.165) is 22.8 Å². The maximum Gasteiger partial charge on any atom is 0.328 e. The smallest absolute Gasteiger partial charge is 0.328 e. The summed E-state index contributed by atoms with van der Waals surface area (Å²) in [5.74, 6) is -0.374. The third-order valence-electron chi connectivity index (χ3n) is 4.81.